The van der Waals surface area contributed by atoms with Crippen molar-refractivity contribution in [3.8, 4) is 0 Å². The van der Waals surface area contributed by atoms with Crippen LogP contribution in [0.15, 0.2) is 6.07 Å². The second kappa shape index (κ2) is 4.77. The van der Waals surface area contributed by atoms with E-state index in [1.165, 1.54) is 6.07 Å². The lowest BCUT2D eigenvalue weighted by atomic mass is 10.2. The van der Waals surface area contributed by atoms with Crippen molar-refractivity contribution in [2.24, 2.45) is 0 Å². The van der Waals surface area contributed by atoms with Crippen molar-refractivity contribution in [2.75, 3.05) is 0 Å². The number of rotatable bonds is 2. The molecule has 0 aromatic carbocycles. The lowest BCUT2D eigenvalue weighted by Gasteiger charge is -2.03. The number of pyridine rings is 1. The van der Waals surface area contributed by atoms with Crippen molar-refractivity contribution < 1.29 is 4.79 Å². The molecule has 0 bridgehead atoms. The van der Waals surface area contributed by atoms with E-state index in [9.17, 15) is 4.79 Å². The Balaban J connectivity index is 3.30. The maximum Gasteiger partial charge on any atom is 0.270 e. The van der Waals surface area contributed by atoms with E-state index in [2.05, 4.69) is 27.6 Å². The number of alkyl halides is 1. The van der Waals surface area contributed by atoms with Gasteiger partial charge in [0.15, 0.2) is 0 Å². The van der Waals surface area contributed by atoms with Gasteiger partial charge in [0.25, 0.3) is 5.24 Å². The van der Waals surface area contributed by atoms with Crippen LogP contribution in [0.1, 0.15) is 16.1 Å². The minimum Gasteiger partial charge on any atom is -0.274 e. The number of carbonyl (C=O) groups excluding carboxylic acids is 1. The molecule has 70 valence electrons. The average Bonchev–Trinajstić information content (AvgIpc) is 2.09. The summed E-state index contributed by atoms with van der Waals surface area (Å²) in [5, 5.41) is -0.151. The molecule has 0 aliphatic rings. The van der Waals surface area contributed by atoms with Crippen molar-refractivity contribution in [3.63, 3.8) is 0 Å². The molecular formula is C7H3Cl3INO. The molecule has 13 heavy (non-hydrogen) atoms. The fourth-order valence-electron chi connectivity index (χ4n) is 0.746. The standard InChI is InChI=1S/C7H3Cl3INO/c8-5-3(2-11)1-4(7(10)13)12-6(5)9/h1H,2H2. The molecule has 0 amide bonds. The van der Waals surface area contributed by atoms with E-state index in [1.54, 1.807) is 0 Å². The van der Waals surface area contributed by atoms with Crippen LogP contribution in [0.5, 0.6) is 0 Å². The summed E-state index contributed by atoms with van der Waals surface area (Å²) in [5.41, 5.74) is 0.883. The summed E-state index contributed by atoms with van der Waals surface area (Å²) in [5.74, 6) is 0. The summed E-state index contributed by atoms with van der Waals surface area (Å²) in [6, 6.07) is 1.54. The van der Waals surface area contributed by atoms with Gasteiger partial charge in [0, 0.05) is 4.43 Å². The Bertz CT molecular complexity index is 356. The molecule has 0 saturated carbocycles. The van der Waals surface area contributed by atoms with Crippen molar-refractivity contribution in [1.29, 1.82) is 0 Å². The molecule has 6 heteroatoms. The van der Waals surface area contributed by atoms with Gasteiger partial charge < -0.3 is 0 Å². The molecule has 0 fully saturated rings. The lowest BCUT2D eigenvalue weighted by molar-refractivity contribution is 0.107. The molecule has 1 aromatic rings. The number of nitrogens with zero attached hydrogens (tertiary/aromatic N) is 1. The zero-order valence-electron chi connectivity index (χ0n) is 6.15. The first-order valence-corrected chi connectivity index (χ1v) is 5.83. The monoisotopic (exact) mass is 349 g/mol. The van der Waals surface area contributed by atoms with Crippen molar-refractivity contribution >= 4 is 62.6 Å². The predicted molar refractivity (Wildman–Crippen MR) is 62.2 cm³/mol. The zero-order valence-corrected chi connectivity index (χ0v) is 10.6. The van der Waals surface area contributed by atoms with Crippen LogP contribution in [-0.2, 0) is 4.43 Å². The SMILES string of the molecule is O=C(Cl)c1cc(CI)c(Cl)c(Cl)n1. The van der Waals surface area contributed by atoms with Crippen LogP contribution in [0, 0.1) is 0 Å². The summed E-state index contributed by atoms with van der Waals surface area (Å²) in [6.07, 6.45) is 0. The van der Waals surface area contributed by atoms with Gasteiger partial charge in [-0.05, 0) is 23.2 Å². The molecule has 2 nitrogen and oxygen atoms in total. The fourth-order valence-corrected chi connectivity index (χ4v) is 2.05. The molecule has 0 aliphatic carbocycles. The maximum atomic E-state index is 10.8. The highest BCUT2D eigenvalue weighted by atomic mass is 127. The van der Waals surface area contributed by atoms with E-state index < -0.39 is 5.24 Å². The van der Waals surface area contributed by atoms with Gasteiger partial charge in [-0.2, -0.15) is 0 Å². The van der Waals surface area contributed by atoms with Crippen molar-refractivity contribution in [1.82, 2.24) is 4.98 Å². The van der Waals surface area contributed by atoms with Crippen LogP contribution in [0.4, 0.5) is 0 Å². The molecule has 0 radical (unpaired) electrons. The number of hydrogen-bond acceptors (Lipinski definition) is 2. The Labute approximate surface area is 104 Å². The first-order chi connectivity index (χ1) is 6.06. The highest BCUT2D eigenvalue weighted by Gasteiger charge is 2.11. The Kier molecular flexibility index (Phi) is 4.22. The molecule has 0 saturated heterocycles. The van der Waals surface area contributed by atoms with Gasteiger partial charge in [0.1, 0.15) is 10.8 Å². The van der Waals surface area contributed by atoms with E-state index in [4.69, 9.17) is 34.8 Å². The van der Waals surface area contributed by atoms with Crippen LogP contribution in [0.2, 0.25) is 10.2 Å². The highest BCUT2D eigenvalue weighted by Crippen LogP contribution is 2.27. The molecule has 0 N–H and O–H groups in total. The Hall–Kier alpha value is 0.420. The van der Waals surface area contributed by atoms with Crippen LogP contribution in [-0.4, -0.2) is 10.2 Å². The minimum atomic E-state index is -0.635. The summed E-state index contributed by atoms with van der Waals surface area (Å²) in [7, 11) is 0. The van der Waals surface area contributed by atoms with Gasteiger partial charge >= 0.3 is 0 Å². The third kappa shape index (κ3) is 2.68. The number of carbonyl (C=O) groups is 1. The third-order valence-electron chi connectivity index (χ3n) is 1.34. The van der Waals surface area contributed by atoms with E-state index in [0.717, 1.165) is 5.56 Å². The Morgan fingerprint density at radius 3 is 2.62 bits per heavy atom. The Morgan fingerprint density at radius 1 is 1.54 bits per heavy atom. The van der Waals surface area contributed by atoms with Crippen molar-refractivity contribution in [3.05, 3.63) is 27.5 Å². The summed E-state index contributed by atoms with van der Waals surface area (Å²) in [6.45, 7) is 0. The minimum absolute atomic E-state index is 0.111. The van der Waals surface area contributed by atoms with Gasteiger partial charge in [0.2, 0.25) is 0 Å². The summed E-state index contributed by atoms with van der Waals surface area (Å²) < 4.78 is 0.649. The molecule has 0 atom stereocenters. The van der Waals surface area contributed by atoms with Crippen LogP contribution in [0.3, 0.4) is 0 Å². The van der Waals surface area contributed by atoms with Gasteiger partial charge in [-0.3, -0.25) is 4.79 Å². The van der Waals surface area contributed by atoms with E-state index in [1.807, 2.05) is 0 Å². The zero-order chi connectivity index (χ0) is 10.0. The number of hydrogen-bond donors (Lipinski definition) is 0. The quantitative estimate of drug-likeness (QED) is 0.352. The van der Waals surface area contributed by atoms with Gasteiger partial charge in [0.05, 0.1) is 5.02 Å². The van der Waals surface area contributed by atoms with Gasteiger partial charge in [-0.1, -0.05) is 45.8 Å². The molecule has 0 aliphatic heterocycles. The second-order valence-electron chi connectivity index (χ2n) is 2.18. The molecule has 1 heterocycles. The topological polar surface area (TPSA) is 30.0 Å². The molecule has 1 aromatic heterocycles. The second-order valence-corrected chi connectivity index (χ2v) is 4.02. The van der Waals surface area contributed by atoms with Crippen LogP contribution in [0.25, 0.3) is 0 Å². The van der Waals surface area contributed by atoms with E-state index in [-0.39, 0.29) is 10.8 Å². The van der Waals surface area contributed by atoms with E-state index >= 15 is 0 Å². The molecular weight excluding hydrogens is 347 g/mol. The smallest absolute Gasteiger partial charge is 0.270 e. The summed E-state index contributed by atoms with van der Waals surface area (Å²) in [4.78, 5) is 14.5. The first kappa shape index (κ1) is 11.5. The average molecular weight is 350 g/mol. The number of aromatic nitrogens is 1. The van der Waals surface area contributed by atoms with E-state index in [0.29, 0.717) is 9.45 Å². The van der Waals surface area contributed by atoms with Crippen LogP contribution >= 0.6 is 57.4 Å². The van der Waals surface area contributed by atoms with Gasteiger partial charge in [-0.25, -0.2) is 4.98 Å². The highest BCUT2D eigenvalue weighted by molar-refractivity contribution is 14.1. The fraction of sp³-hybridized carbons (Fsp3) is 0.143. The number of halogens is 4. The largest absolute Gasteiger partial charge is 0.274 e. The molecule has 1 rings (SSSR count). The third-order valence-corrected chi connectivity index (χ3v) is 3.15. The van der Waals surface area contributed by atoms with Crippen molar-refractivity contribution in [2.45, 2.75) is 4.43 Å². The van der Waals surface area contributed by atoms with Crippen LogP contribution < -0.4 is 0 Å². The summed E-state index contributed by atoms with van der Waals surface area (Å²) >= 11 is 18.9. The predicted octanol–water partition coefficient (Wildman–Crippen LogP) is 3.70. The van der Waals surface area contributed by atoms with Gasteiger partial charge in [-0.15, -0.1) is 0 Å². The molecule has 0 unspecified atom stereocenters. The maximum absolute atomic E-state index is 10.8. The Morgan fingerprint density at radius 2 is 2.15 bits per heavy atom. The first-order valence-electron chi connectivity index (χ1n) is 3.17. The lowest BCUT2D eigenvalue weighted by Crippen LogP contribution is -1.97. The molecule has 0 spiro atoms. The normalized spacial score (nSPS) is 10.2.